The van der Waals surface area contributed by atoms with Gasteiger partial charge in [-0.05, 0) is 29.2 Å². The number of benzene rings is 1. The third kappa shape index (κ3) is 2.81. The van der Waals surface area contributed by atoms with Gasteiger partial charge in [-0.3, -0.25) is 0 Å². The highest BCUT2D eigenvalue weighted by atomic mass is 79.9. The van der Waals surface area contributed by atoms with Gasteiger partial charge in [-0.15, -0.1) is 0 Å². The van der Waals surface area contributed by atoms with Crippen molar-refractivity contribution in [2.75, 3.05) is 0 Å². The Balaban J connectivity index is 3.12. The van der Waals surface area contributed by atoms with Crippen molar-refractivity contribution in [3.05, 3.63) is 32.7 Å². The summed E-state index contributed by atoms with van der Waals surface area (Å²) in [7, 11) is 0. The lowest BCUT2D eigenvalue weighted by atomic mass is 9.83. The molecule has 0 aliphatic carbocycles. The minimum Gasteiger partial charge on any atom is -0.323 e. The molecular weight excluding hydrogens is 306 g/mol. The van der Waals surface area contributed by atoms with Gasteiger partial charge >= 0.3 is 0 Å². The maximum absolute atomic E-state index is 6.19. The Morgan fingerprint density at radius 1 is 1.21 bits per heavy atom. The third-order valence-electron chi connectivity index (χ3n) is 2.23. The van der Waals surface area contributed by atoms with Crippen molar-refractivity contribution < 1.29 is 0 Å². The number of hydrogen-bond acceptors (Lipinski definition) is 1. The lowest BCUT2D eigenvalue weighted by Gasteiger charge is -2.28. The molecular formula is C11H15Br2N. The Morgan fingerprint density at radius 3 is 2.29 bits per heavy atom. The van der Waals surface area contributed by atoms with E-state index in [9.17, 15) is 0 Å². The van der Waals surface area contributed by atoms with E-state index < -0.39 is 0 Å². The molecule has 1 atom stereocenters. The molecule has 1 aromatic rings. The molecule has 14 heavy (non-hydrogen) atoms. The van der Waals surface area contributed by atoms with Crippen LogP contribution in [-0.4, -0.2) is 0 Å². The largest absolute Gasteiger partial charge is 0.323 e. The van der Waals surface area contributed by atoms with Gasteiger partial charge in [0.1, 0.15) is 0 Å². The molecule has 0 bridgehead atoms. The van der Waals surface area contributed by atoms with Crippen LogP contribution in [0.5, 0.6) is 0 Å². The molecule has 2 N–H and O–H groups in total. The van der Waals surface area contributed by atoms with E-state index in [1.807, 2.05) is 12.1 Å². The monoisotopic (exact) mass is 319 g/mol. The van der Waals surface area contributed by atoms with Crippen LogP contribution >= 0.6 is 31.9 Å². The van der Waals surface area contributed by atoms with Gasteiger partial charge in [0.15, 0.2) is 0 Å². The van der Waals surface area contributed by atoms with E-state index in [2.05, 4.69) is 58.7 Å². The fourth-order valence-corrected chi connectivity index (χ4v) is 2.09. The summed E-state index contributed by atoms with van der Waals surface area (Å²) in [4.78, 5) is 0. The zero-order valence-corrected chi connectivity index (χ0v) is 11.8. The average Bonchev–Trinajstić information content (AvgIpc) is 2.06. The molecule has 1 nitrogen and oxygen atoms in total. The normalized spacial score (nSPS) is 14.1. The van der Waals surface area contributed by atoms with Crippen molar-refractivity contribution in [3.8, 4) is 0 Å². The smallest absolute Gasteiger partial charge is 0.0355 e. The van der Waals surface area contributed by atoms with E-state index in [0.717, 1.165) is 14.5 Å². The number of hydrogen-bond donors (Lipinski definition) is 1. The van der Waals surface area contributed by atoms with Gasteiger partial charge in [0, 0.05) is 15.0 Å². The van der Waals surface area contributed by atoms with E-state index in [1.165, 1.54) is 0 Å². The van der Waals surface area contributed by atoms with E-state index in [-0.39, 0.29) is 11.5 Å². The first-order valence-electron chi connectivity index (χ1n) is 4.53. The number of halogens is 2. The van der Waals surface area contributed by atoms with Crippen molar-refractivity contribution in [1.82, 2.24) is 0 Å². The minimum atomic E-state index is 0.0365. The van der Waals surface area contributed by atoms with Crippen LogP contribution in [0.15, 0.2) is 27.1 Å². The van der Waals surface area contributed by atoms with Gasteiger partial charge in [-0.25, -0.2) is 0 Å². The van der Waals surface area contributed by atoms with Crippen molar-refractivity contribution >= 4 is 31.9 Å². The molecule has 0 spiro atoms. The molecule has 1 aromatic carbocycles. The molecule has 0 aromatic heterocycles. The van der Waals surface area contributed by atoms with Crippen LogP contribution in [0.4, 0.5) is 0 Å². The number of nitrogens with two attached hydrogens (primary N) is 1. The molecule has 78 valence electrons. The molecule has 3 heteroatoms. The summed E-state index contributed by atoms with van der Waals surface area (Å²) < 4.78 is 2.14. The first-order chi connectivity index (χ1) is 6.32. The predicted molar refractivity (Wildman–Crippen MR) is 68.2 cm³/mol. The minimum absolute atomic E-state index is 0.0365. The number of rotatable bonds is 1. The van der Waals surface area contributed by atoms with Crippen molar-refractivity contribution in [3.63, 3.8) is 0 Å². The van der Waals surface area contributed by atoms with Gasteiger partial charge in [0.25, 0.3) is 0 Å². The second kappa shape index (κ2) is 4.33. The fourth-order valence-electron chi connectivity index (χ4n) is 1.22. The van der Waals surface area contributed by atoms with E-state index in [0.29, 0.717) is 0 Å². The first kappa shape index (κ1) is 12.2. The summed E-state index contributed by atoms with van der Waals surface area (Å²) in [5, 5.41) is 0. The first-order valence-corrected chi connectivity index (χ1v) is 6.11. The summed E-state index contributed by atoms with van der Waals surface area (Å²) in [5.74, 6) is 0. The lowest BCUT2D eigenvalue weighted by Crippen LogP contribution is -2.26. The Labute approximate surface area is 102 Å². The molecule has 0 aliphatic rings. The lowest BCUT2D eigenvalue weighted by molar-refractivity contribution is 0.326. The van der Waals surface area contributed by atoms with Crippen LogP contribution in [-0.2, 0) is 0 Å². The standard InChI is InChI=1S/C11H15Br2N/c1-11(2,3)10(14)8-6-7(12)4-5-9(8)13/h4-6,10H,14H2,1-3H3/t10-/m1/s1. The van der Waals surface area contributed by atoms with Crippen LogP contribution in [0.25, 0.3) is 0 Å². The van der Waals surface area contributed by atoms with Gasteiger partial charge in [0.05, 0.1) is 0 Å². The highest BCUT2D eigenvalue weighted by molar-refractivity contribution is 9.11. The van der Waals surface area contributed by atoms with Crippen molar-refractivity contribution in [2.45, 2.75) is 26.8 Å². The van der Waals surface area contributed by atoms with E-state index in [4.69, 9.17) is 5.73 Å². The molecule has 1 rings (SSSR count). The zero-order chi connectivity index (χ0) is 10.9. The highest BCUT2D eigenvalue weighted by Gasteiger charge is 2.23. The van der Waals surface area contributed by atoms with Crippen LogP contribution < -0.4 is 5.73 Å². The summed E-state index contributed by atoms with van der Waals surface area (Å²) >= 11 is 6.98. The molecule has 0 saturated carbocycles. The topological polar surface area (TPSA) is 26.0 Å². The van der Waals surface area contributed by atoms with E-state index >= 15 is 0 Å². The van der Waals surface area contributed by atoms with Crippen molar-refractivity contribution in [1.29, 1.82) is 0 Å². The summed E-state index contributed by atoms with van der Waals surface area (Å²) in [6.45, 7) is 6.43. The Morgan fingerprint density at radius 2 is 1.79 bits per heavy atom. The fraction of sp³-hybridized carbons (Fsp3) is 0.455. The maximum Gasteiger partial charge on any atom is 0.0355 e. The molecule has 0 aliphatic heterocycles. The van der Waals surface area contributed by atoms with Crippen LogP contribution in [0.2, 0.25) is 0 Å². The van der Waals surface area contributed by atoms with Gasteiger partial charge < -0.3 is 5.73 Å². The Bertz CT molecular complexity index is 329. The highest BCUT2D eigenvalue weighted by Crippen LogP contribution is 2.35. The quantitative estimate of drug-likeness (QED) is 0.822. The second-order valence-electron chi connectivity index (χ2n) is 4.51. The third-order valence-corrected chi connectivity index (χ3v) is 3.44. The molecule has 0 radical (unpaired) electrons. The van der Waals surface area contributed by atoms with Crippen LogP contribution in [0.3, 0.4) is 0 Å². The van der Waals surface area contributed by atoms with Crippen molar-refractivity contribution in [2.24, 2.45) is 11.1 Å². The summed E-state index contributed by atoms with van der Waals surface area (Å²) in [6, 6.07) is 6.13. The van der Waals surface area contributed by atoms with Gasteiger partial charge in [-0.2, -0.15) is 0 Å². The molecule has 0 unspecified atom stereocenters. The van der Waals surface area contributed by atoms with E-state index in [1.54, 1.807) is 0 Å². The molecule has 0 saturated heterocycles. The Kier molecular flexibility index (Phi) is 3.78. The molecule has 0 amide bonds. The van der Waals surface area contributed by atoms with Crippen LogP contribution in [0.1, 0.15) is 32.4 Å². The van der Waals surface area contributed by atoms with Gasteiger partial charge in [-0.1, -0.05) is 52.6 Å². The molecule has 0 fully saturated rings. The predicted octanol–water partition coefficient (Wildman–Crippen LogP) is 4.26. The summed E-state index contributed by atoms with van der Waals surface area (Å²) in [6.07, 6.45) is 0. The maximum atomic E-state index is 6.19. The Hall–Kier alpha value is 0.140. The van der Waals surface area contributed by atoms with Crippen LogP contribution in [0, 0.1) is 5.41 Å². The van der Waals surface area contributed by atoms with Gasteiger partial charge in [0.2, 0.25) is 0 Å². The molecule has 0 heterocycles. The second-order valence-corrected chi connectivity index (χ2v) is 6.28. The zero-order valence-electron chi connectivity index (χ0n) is 8.64. The summed E-state index contributed by atoms with van der Waals surface area (Å²) in [5.41, 5.74) is 7.41. The SMILES string of the molecule is CC(C)(C)[C@H](N)c1cc(Br)ccc1Br. The average molecular weight is 321 g/mol.